The fraction of sp³-hybridized carbons (Fsp3) is 0.158. The van der Waals surface area contributed by atoms with Gasteiger partial charge < -0.3 is 0 Å². The normalized spacial score (nSPS) is 15.7. The Kier molecular flexibility index (Phi) is 3.31. The average molecular weight is 287 g/mol. The second kappa shape index (κ2) is 5.60. The first-order valence-electron chi connectivity index (χ1n) is 7.67. The Labute approximate surface area is 129 Å². The van der Waals surface area contributed by atoms with Crippen LogP contribution in [0.15, 0.2) is 65.8 Å². The Morgan fingerprint density at radius 1 is 0.864 bits per heavy atom. The monoisotopic (exact) mass is 287 g/mol. The van der Waals surface area contributed by atoms with E-state index in [9.17, 15) is 0 Å². The minimum Gasteiger partial charge on any atom is -0.261 e. The molecule has 0 aliphatic heterocycles. The molecule has 0 radical (unpaired) electrons. The molecule has 0 spiro atoms. The van der Waals surface area contributed by atoms with Gasteiger partial charge in [-0.3, -0.25) is 5.43 Å². The number of para-hydroxylation sites is 1. The van der Waals surface area contributed by atoms with Crippen molar-refractivity contribution in [2.24, 2.45) is 5.10 Å². The number of aryl methyl sites for hydroxylation is 1. The first-order chi connectivity index (χ1) is 10.9. The van der Waals surface area contributed by atoms with Crippen LogP contribution in [0.2, 0.25) is 0 Å². The fourth-order valence-electron chi connectivity index (χ4n) is 2.97. The molecule has 1 N–H and O–H groups in total. The zero-order chi connectivity index (χ0) is 14.8. The number of pyridine rings is 1. The topological polar surface area (TPSA) is 37.3 Å². The molecule has 0 amide bonds. The highest BCUT2D eigenvalue weighted by Crippen LogP contribution is 2.22. The average Bonchev–Trinajstić information content (AvgIpc) is 2.60. The molecule has 1 aliphatic carbocycles. The van der Waals surface area contributed by atoms with Gasteiger partial charge in [0.25, 0.3) is 0 Å². The van der Waals surface area contributed by atoms with Gasteiger partial charge in [-0.25, -0.2) is 4.98 Å². The van der Waals surface area contributed by atoms with Crippen LogP contribution < -0.4 is 5.43 Å². The van der Waals surface area contributed by atoms with Gasteiger partial charge >= 0.3 is 0 Å². The van der Waals surface area contributed by atoms with E-state index in [1.165, 1.54) is 11.1 Å². The van der Waals surface area contributed by atoms with E-state index in [0.717, 1.165) is 41.7 Å². The van der Waals surface area contributed by atoms with Crippen LogP contribution in [-0.4, -0.2) is 10.7 Å². The van der Waals surface area contributed by atoms with E-state index in [4.69, 9.17) is 0 Å². The standard InChI is InChI=1S/C19H17N3/c1-3-9-16-14(6-1)8-5-11-18(16)21-22-19-13-12-15-7-2-4-10-17(15)20-19/h1-4,6-7,9-10,12-13H,5,8,11H2,(H,20,22)/b21-18+. The molecule has 1 heterocycles. The second-order valence-electron chi connectivity index (χ2n) is 5.57. The molecular weight excluding hydrogens is 270 g/mol. The summed E-state index contributed by atoms with van der Waals surface area (Å²) in [4.78, 5) is 4.60. The zero-order valence-corrected chi connectivity index (χ0v) is 12.3. The number of nitrogens with zero attached hydrogens (tertiary/aromatic N) is 2. The summed E-state index contributed by atoms with van der Waals surface area (Å²) in [7, 11) is 0. The molecule has 0 atom stereocenters. The molecule has 3 nitrogen and oxygen atoms in total. The molecule has 0 fully saturated rings. The SMILES string of the molecule is c1ccc2c(c1)CCC/C2=N\Nc1ccc2ccccc2n1. The Bertz CT molecular complexity index is 852. The largest absolute Gasteiger partial charge is 0.261 e. The van der Waals surface area contributed by atoms with Crippen molar-refractivity contribution in [3.05, 3.63) is 71.8 Å². The van der Waals surface area contributed by atoms with Gasteiger partial charge in [0.05, 0.1) is 11.2 Å². The molecule has 0 saturated heterocycles. The molecule has 0 bridgehead atoms. The van der Waals surface area contributed by atoms with Crippen LogP contribution in [0.25, 0.3) is 10.9 Å². The highest BCUT2D eigenvalue weighted by Gasteiger charge is 2.14. The van der Waals surface area contributed by atoms with Crippen LogP contribution in [0.1, 0.15) is 24.0 Å². The number of rotatable bonds is 2. The van der Waals surface area contributed by atoms with Gasteiger partial charge in [-0.2, -0.15) is 5.10 Å². The summed E-state index contributed by atoms with van der Waals surface area (Å²) < 4.78 is 0. The van der Waals surface area contributed by atoms with E-state index in [0.29, 0.717) is 0 Å². The predicted molar refractivity (Wildman–Crippen MR) is 91.3 cm³/mol. The van der Waals surface area contributed by atoms with E-state index >= 15 is 0 Å². The Morgan fingerprint density at radius 3 is 2.73 bits per heavy atom. The lowest BCUT2D eigenvalue weighted by atomic mass is 9.90. The Morgan fingerprint density at radius 2 is 1.73 bits per heavy atom. The smallest absolute Gasteiger partial charge is 0.146 e. The van der Waals surface area contributed by atoms with Gasteiger partial charge in [0.15, 0.2) is 0 Å². The molecule has 0 unspecified atom stereocenters. The number of hydrogen-bond acceptors (Lipinski definition) is 3. The summed E-state index contributed by atoms with van der Waals surface area (Å²) in [6, 6.07) is 20.7. The van der Waals surface area contributed by atoms with E-state index in [2.05, 4.69) is 51.9 Å². The molecule has 3 aromatic rings. The minimum absolute atomic E-state index is 0.786. The summed E-state index contributed by atoms with van der Waals surface area (Å²) in [5.74, 6) is 0.786. The highest BCUT2D eigenvalue weighted by molar-refractivity contribution is 6.03. The number of anilines is 1. The van der Waals surface area contributed by atoms with Crippen molar-refractivity contribution in [2.75, 3.05) is 5.43 Å². The van der Waals surface area contributed by atoms with Crippen molar-refractivity contribution in [3.63, 3.8) is 0 Å². The third kappa shape index (κ3) is 2.46. The summed E-state index contributed by atoms with van der Waals surface area (Å²) in [6.07, 6.45) is 3.31. The third-order valence-corrected chi connectivity index (χ3v) is 4.09. The molecule has 22 heavy (non-hydrogen) atoms. The van der Waals surface area contributed by atoms with E-state index in [-0.39, 0.29) is 0 Å². The van der Waals surface area contributed by atoms with Crippen molar-refractivity contribution >= 4 is 22.4 Å². The summed E-state index contributed by atoms with van der Waals surface area (Å²) in [6.45, 7) is 0. The number of aromatic nitrogens is 1. The van der Waals surface area contributed by atoms with Crippen molar-refractivity contribution in [3.8, 4) is 0 Å². The van der Waals surface area contributed by atoms with Crippen molar-refractivity contribution < 1.29 is 0 Å². The lowest BCUT2D eigenvalue weighted by Gasteiger charge is -2.17. The van der Waals surface area contributed by atoms with Gasteiger partial charge in [-0.15, -0.1) is 0 Å². The lowest BCUT2D eigenvalue weighted by Crippen LogP contribution is -2.13. The van der Waals surface area contributed by atoms with Gasteiger partial charge in [0.2, 0.25) is 0 Å². The maximum Gasteiger partial charge on any atom is 0.146 e. The minimum atomic E-state index is 0.786. The summed E-state index contributed by atoms with van der Waals surface area (Å²) in [5.41, 5.74) is 7.88. The number of fused-ring (bicyclic) bond motifs is 2. The molecule has 1 aromatic heterocycles. The molecule has 108 valence electrons. The Balaban J connectivity index is 1.63. The summed E-state index contributed by atoms with van der Waals surface area (Å²) >= 11 is 0. The third-order valence-electron chi connectivity index (χ3n) is 4.09. The predicted octanol–water partition coefficient (Wildman–Crippen LogP) is 4.39. The number of benzene rings is 2. The van der Waals surface area contributed by atoms with Crippen LogP contribution in [0.3, 0.4) is 0 Å². The van der Waals surface area contributed by atoms with Crippen molar-refractivity contribution in [2.45, 2.75) is 19.3 Å². The maximum atomic E-state index is 4.61. The van der Waals surface area contributed by atoms with E-state index in [1.807, 2.05) is 24.3 Å². The maximum absolute atomic E-state index is 4.61. The molecule has 3 heteroatoms. The first-order valence-corrected chi connectivity index (χ1v) is 7.67. The molecule has 2 aromatic carbocycles. The highest BCUT2D eigenvalue weighted by atomic mass is 15.3. The van der Waals surface area contributed by atoms with Gasteiger partial charge in [0, 0.05) is 10.9 Å². The number of nitrogens with one attached hydrogen (secondary N) is 1. The van der Waals surface area contributed by atoms with Crippen LogP contribution in [-0.2, 0) is 6.42 Å². The van der Waals surface area contributed by atoms with E-state index in [1.54, 1.807) is 0 Å². The van der Waals surface area contributed by atoms with Gasteiger partial charge in [-0.05, 0) is 43.0 Å². The lowest BCUT2D eigenvalue weighted by molar-refractivity contribution is 0.837. The Hall–Kier alpha value is -2.68. The van der Waals surface area contributed by atoms with E-state index < -0.39 is 0 Å². The molecule has 1 aliphatic rings. The van der Waals surface area contributed by atoms with Gasteiger partial charge in [-0.1, -0.05) is 42.5 Å². The van der Waals surface area contributed by atoms with Crippen LogP contribution in [0.4, 0.5) is 5.82 Å². The molecule has 0 saturated carbocycles. The number of hydrazone groups is 1. The molecule has 4 rings (SSSR count). The second-order valence-corrected chi connectivity index (χ2v) is 5.57. The quantitative estimate of drug-likeness (QED) is 0.710. The van der Waals surface area contributed by atoms with Crippen LogP contribution >= 0.6 is 0 Å². The van der Waals surface area contributed by atoms with Gasteiger partial charge in [0.1, 0.15) is 5.82 Å². The molecular formula is C19H17N3. The fourth-order valence-corrected chi connectivity index (χ4v) is 2.97. The number of hydrogen-bond donors (Lipinski definition) is 1. The van der Waals surface area contributed by atoms with Crippen molar-refractivity contribution in [1.82, 2.24) is 4.98 Å². The van der Waals surface area contributed by atoms with Crippen LogP contribution in [0.5, 0.6) is 0 Å². The van der Waals surface area contributed by atoms with Crippen LogP contribution in [0, 0.1) is 0 Å². The van der Waals surface area contributed by atoms with Crippen molar-refractivity contribution in [1.29, 1.82) is 0 Å². The summed E-state index contributed by atoms with van der Waals surface area (Å²) in [5, 5.41) is 5.75. The first kappa shape index (κ1) is 13.0. The zero-order valence-electron chi connectivity index (χ0n) is 12.3.